The molecule has 3 aliphatic rings. The quantitative estimate of drug-likeness (QED) is 0.847. The predicted octanol–water partition coefficient (Wildman–Crippen LogP) is 2.94. The Morgan fingerprint density at radius 2 is 1.93 bits per heavy atom. The molecular weight excluding hydrogens is 348 g/mol. The van der Waals surface area contributed by atoms with Crippen LogP contribution < -0.4 is 5.32 Å². The Labute approximate surface area is 160 Å². The van der Waals surface area contributed by atoms with Gasteiger partial charge in [0.15, 0.2) is 5.82 Å². The Bertz CT molecular complexity index is 603. The molecule has 2 aliphatic heterocycles. The second-order valence-electron chi connectivity index (χ2n) is 7.83. The zero-order valence-electron chi connectivity index (χ0n) is 15.9. The van der Waals surface area contributed by atoms with Crippen LogP contribution in [-0.2, 0) is 16.1 Å². The fourth-order valence-corrected chi connectivity index (χ4v) is 4.16. The molecular formula is C19H30N4O4. The van der Waals surface area contributed by atoms with E-state index in [0.29, 0.717) is 24.4 Å². The van der Waals surface area contributed by atoms with E-state index in [4.69, 9.17) is 14.0 Å². The summed E-state index contributed by atoms with van der Waals surface area (Å²) < 4.78 is 16.8. The van der Waals surface area contributed by atoms with Crippen LogP contribution >= 0.6 is 0 Å². The standard InChI is InChI=1S/C19H30N4O4/c24-19(20-14-5-2-1-3-6-14)23-10-8-15(9-11-23)26-13-17-21-18(27-22-17)16-7-4-12-25-16/h14-16H,1-13H2,(H,20,24). The van der Waals surface area contributed by atoms with Crippen molar-refractivity contribution in [2.75, 3.05) is 19.7 Å². The lowest BCUT2D eigenvalue weighted by Crippen LogP contribution is -2.49. The lowest BCUT2D eigenvalue weighted by molar-refractivity contribution is 0.000675. The van der Waals surface area contributed by atoms with Gasteiger partial charge in [0.2, 0.25) is 0 Å². The molecule has 1 aromatic heterocycles. The van der Waals surface area contributed by atoms with Gasteiger partial charge in [0.05, 0.1) is 6.10 Å². The van der Waals surface area contributed by atoms with Crippen molar-refractivity contribution in [3.05, 3.63) is 11.7 Å². The predicted molar refractivity (Wildman–Crippen MR) is 97.0 cm³/mol. The molecule has 1 aliphatic carbocycles. The topological polar surface area (TPSA) is 89.7 Å². The van der Waals surface area contributed by atoms with Gasteiger partial charge in [-0.3, -0.25) is 0 Å². The van der Waals surface area contributed by atoms with E-state index in [1.807, 2.05) is 4.90 Å². The fraction of sp³-hybridized carbons (Fsp3) is 0.842. The van der Waals surface area contributed by atoms with Crippen LogP contribution in [0.2, 0.25) is 0 Å². The molecule has 0 bridgehead atoms. The van der Waals surface area contributed by atoms with Crippen LogP contribution in [0.5, 0.6) is 0 Å². The number of urea groups is 1. The van der Waals surface area contributed by atoms with E-state index in [1.54, 1.807) is 0 Å². The average Bonchev–Trinajstić information content (AvgIpc) is 3.39. The number of likely N-dealkylation sites (tertiary alicyclic amines) is 1. The second-order valence-corrected chi connectivity index (χ2v) is 7.83. The first-order chi connectivity index (χ1) is 13.3. The molecule has 1 aromatic rings. The third-order valence-corrected chi connectivity index (χ3v) is 5.80. The van der Waals surface area contributed by atoms with Gasteiger partial charge in [-0.1, -0.05) is 24.4 Å². The third-order valence-electron chi connectivity index (χ3n) is 5.80. The SMILES string of the molecule is O=C(NC1CCCCC1)N1CCC(OCc2noc(C3CCCO3)n2)CC1. The number of carbonyl (C=O) groups is 1. The number of nitrogens with zero attached hydrogens (tertiary/aromatic N) is 3. The summed E-state index contributed by atoms with van der Waals surface area (Å²) in [5.74, 6) is 1.12. The summed E-state index contributed by atoms with van der Waals surface area (Å²) in [6.07, 6.45) is 9.71. The number of hydrogen-bond acceptors (Lipinski definition) is 6. The zero-order chi connectivity index (χ0) is 18.5. The van der Waals surface area contributed by atoms with Crippen molar-refractivity contribution in [1.29, 1.82) is 0 Å². The van der Waals surface area contributed by atoms with E-state index in [1.165, 1.54) is 19.3 Å². The van der Waals surface area contributed by atoms with Crippen LogP contribution in [0.4, 0.5) is 4.79 Å². The summed E-state index contributed by atoms with van der Waals surface area (Å²) in [5, 5.41) is 7.18. The first-order valence-corrected chi connectivity index (χ1v) is 10.4. The van der Waals surface area contributed by atoms with Crippen LogP contribution in [0, 0.1) is 0 Å². The Hall–Kier alpha value is -1.67. The van der Waals surface area contributed by atoms with Crippen LogP contribution in [-0.4, -0.2) is 52.9 Å². The van der Waals surface area contributed by atoms with Crippen LogP contribution in [0.25, 0.3) is 0 Å². The van der Waals surface area contributed by atoms with Gasteiger partial charge in [0, 0.05) is 25.7 Å². The van der Waals surface area contributed by atoms with Crippen molar-refractivity contribution in [3.63, 3.8) is 0 Å². The fourth-order valence-electron chi connectivity index (χ4n) is 4.16. The molecule has 27 heavy (non-hydrogen) atoms. The van der Waals surface area contributed by atoms with Gasteiger partial charge in [0.25, 0.3) is 5.89 Å². The first kappa shape index (κ1) is 18.7. The second kappa shape index (κ2) is 9.01. The molecule has 1 unspecified atom stereocenters. The maximum Gasteiger partial charge on any atom is 0.317 e. The monoisotopic (exact) mass is 378 g/mol. The minimum atomic E-state index is -0.0582. The maximum absolute atomic E-state index is 12.4. The third kappa shape index (κ3) is 4.99. The largest absolute Gasteiger partial charge is 0.370 e. The molecule has 1 N–H and O–H groups in total. The van der Waals surface area contributed by atoms with E-state index in [0.717, 1.165) is 58.2 Å². The lowest BCUT2D eigenvalue weighted by Gasteiger charge is -2.33. The van der Waals surface area contributed by atoms with Crippen LogP contribution in [0.3, 0.4) is 0 Å². The normalized spacial score (nSPS) is 25.0. The van der Waals surface area contributed by atoms with E-state index in [2.05, 4.69) is 15.5 Å². The van der Waals surface area contributed by atoms with Crippen molar-refractivity contribution in [2.24, 2.45) is 0 Å². The Morgan fingerprint density at radius 3 is 2.67 bits per heavy atom. The minimum Gasteiger partial charge on any atom is -0.370 e. The molecule has 0 spiro atoms. The molecule has 1 atom stereocenters. The highest BCUT2D eigenvalue weighted by atomic mass is 16.5. The molecule has 0 aromatic carbocycles. The van der Waals surface area contributed by atoms with Gasteiger partial charge < -0.3 is 24.2 Å². The number of aromatic nitrogens is 2. The highest BCUT2D eigenvalue weighted by molar-refractivity contribution is 5.74. The van der Waals surface area contributed by atoms with Crippen LogP contribution in [0.15, 0.2) is 4.52 Å². The average molecular weight is 378 g/mol. The molecule has 4 rings (SSSR count). The molecule has 1 saturated carbocycles. The summed E-state index contributed by atoms with van der Waals surface area (Å²) in [6.45, 7) is 2.56. The van der Waals surface area contributed by atoms with Crippen LogP contribution in [0.1, 0.15) is 75.6 Å². The van der Waals surface area contributed by atoms with Gasteiger partial charge in [-0.25, -0.2) is 4.79 Å². The smallest absolute Gasteiger partial charge is 0.317 e. The van der Waals surface area contributed by atoms with E-state index >= 15 is 0 Å². The van der Waals surface area contributed by atoms with Crippen molar-refractivity contribution < 1.29 is 18.8 Å². The summed E-state index contributed by atoms with van der Waals surface area (Å²) in [6, 6.07) is 0.441. The minimum absolute atomic E-state index is 0.0582. The van der Waals surface area contributed by atoms with Crippen molar-refractivity contribution >= 4 is 6.03 Å². The highest BCUT2D eigenvalue weighted by Gasteiger charge is 2.27. The molecule has 8 heteroatoms. The van der Waals surface area contributed by atoms with E-state index in [9.17, 15) is 4.79 Å². The molecule has 8 nitrogen and oxygen atoms in total. The lowest BCUT2D eigenvalue weighted by atomic mass is 9.96. The number of rotatable bonds is 5. The van der Waals surface area contributed by atoms with Gasteiger partial charge in [-0.15, -0.1) is 0 Å². The number of piperidine rings is 1. The summed E-state index contributed by atoms with van der Waals surface area (Å²) >= 11 is 0. The molecule has 3 fully saturated rings. The zero-order valence-corrected chi connectivity index (χ0v) is 15.9. The summed E-state index contributed by atoms with van der Waals surface area (Å²) in [7, 11) is 0. The Kier molecular flexibility index (Phi) is 6.24. The van der Waals surface area contributed by atoms with Gasteiger partial charge in [-0.05, 0) is 38.5 Å². The van der Waals surface area contributed by atoms with Crippen molar-refractivity contribution in [2.45, 2.75) is 82.6 Å². The number of hydrogen-bond donors (Lipinski definition) is 1. The van der Waals surface area contributed by atoms with Gasteiger partial charge >= 0.3 is 6.03 Å². The Morgan fingerprint density at radius 1 is 1.11 bits per heavy atom. The molecule has 0 radical (unpaired) electrons. The highest BCUT2D eigenvalue weighted by Crippen LogP contribution is 2.27. The first-order valence-electron chi connectivity index (χ1n) is 10.4. The van der Waals surface area contributed by atoms with Crippen molar-refractivity contribution in [1.82, 2.24) is 20.4 Å². The Balaban J connectivity index is 1.16. The number of amides is 2. The molecule has 2 saturated heterocycles. The summed E-state index contributed by atoms with van der Waals surface area (Å²) in [5.41, 5.74) is 0. The number of nitrogens with one attached hydrogen (secondary N) is 1. The molecule has 150 valence electrons. The summed E-state index contributed by atoms with van der Waals surface area (Å²) in [4.78, 5) is 18.7. The van der Waals surface area contributed by atoms with E-state index < -0.39 is 0 Å². The van der Waals surface area contributed by atoms with Gasteiger partial charge in [0.1, 0.15) is 12.7 Å². The molecule has 3 heterocycles. The van der Waals surface area contributed by atoms with E-state index in [-0.39, 0.29) is 18.2 Å². The number of carbonyl (C=O) groups excluding carboxylic acids is 1. The number of ether oxygens (including phenoxy) is 2. The maximum atomic E-state index is 12.4. The van der Waals surface area contributed by atoms with Gasteiger partial charge in [-0.2, -0.15) is 4.98 Å². The molecule has 2 amide bonds. The van der Waals surface area contributed by atoms with Crippen molar-refractivity contribution in [3.8, 4) is 0 Å².